The maximum absolute atomic E-state index is 4.93. The van der Waals surface area contributed by atoms with Crippen molar-refractivity contribution in [1.82, 2.24) is 0 Å². The Balaban J connectivity index is 0.000000212. The zero-order valence-corrected chi connectivity index (χ0v) is 38.5. The standard InChI is InChI=1S/2C23H28P.2ClH.Zr/c2*1-22(2,3)24(23(4,5)6)19-15-18-13-10-14-20(21(18)16-19)17-11-8-7-9-12-17;;;/h2*7-16H,1-6H3;2*1H;/q2*-1;;;+4/p-2. The number of benzene rings is 4. The SMILES string of the molecule is CC(C)(C)P(c1cc2c(-c3ccccc3)cccc2[cH-]1)C(C)(C)C.CC(C)(C)P(c1cc2c(-c3ccccc3)cccc2[cH-]1)C(C)(C)C.[Cl][Zr+2][Cl]. The summed E-state index contributed by atoms with van der Waals surface area (Å²) in [6.07, 6.45) is 0. The maximum atomic E-state index is 4.93. The Morgan fingerprint density at radius 2 is 0.725 bits per heavy atom. The summed E-state index contributed by atoms with van der Waals surface area (Å²) in [6.45, 7) is 28.7. The zero-order valence-electron chi connectivity index (χ0n) is 32.7. The molecule has 6 aromatic rings. The van der Waals surface area contributed by atoms with Crippen LogP contribution in [-0.2, 0) is 20.8 Å². The second-order valence-electron chi connectivity index (χ2n) is 17.2. The van der Waals surface area contributed by atoms with Crippen LogP contribution in [0.5, 0.6) is 0 Å². The Morgan fingerprint density at radius 1 is 0.431 bits per heavy atom. The molecule has 0 unspecified atom stereocenters. The average Bonchev–Trinajstić information content (AvgIpc) is 3.63. The first-order valence-electron chi connectivity index (χ1n) is 17.8. The number of fused-ring (bicyclic) bond motifs is 2. The fourth-order valence-electron chi connectivity index (χ4n) is 8.00. The third-order valence-electron chi connectivity index (χ3n) is 8.84. The fourth-order valence-corrected chi connectivity index (χ4v) is 16.2. The molecule has 0 spiro atoms. The van der Waals surface area contributed by atoms with Crippen molar-refractivity contribution >= 4 is 65.0 Å². The molecule has 0 bridgehead atoms. The molecule has 0 aromatic heterocycles. The third kappa shape index (κ3) is 10.8. The minimum atomic E-state index is -0.826. The molecular weight excluding hydrogens is 777 g/mol. The van der Waals surface area contributed by atoms with Crippen molar-refractivity contribution < 1.29 is 20.8 Å². The second kappa shape index (κ2) is 17.3. The summed E-state index contributed by atoms with van der Waals surface area (Å²) in [5.74, 6) is 0. The summed E-state index contributed by atoms with van der Waals surface area (Å²) < 4.78 is 0. The fraction of sp³-hybridized carbons (Fsp3) is 0.348. The van der Waals surface area contributed by atoms with Gasteiger partial charge in [-0.25, -0.2) is 0 Å². The van der Waals surface area contributed by atoms with Gasteiger partial charge >= 0.3 is 37.9 Å². The van der Waals surface area contributed by atoms with E-state index in [0.717, 1.165) is 0 Å². The van der Waals surface area contributed by atoms with E-state index >= 15 is 0 Å². The van der Waals surface area contributed by atoms with Crippen LogP contribution < -0.4 is 10.6 Å². The summed E-state index contributed by atoms with van der Waals surface area (Å²) >= 11 is -0.826. The van der Waals surface area contributed by atoms with Crippen molar-refractivity contribution in [3.05, 3.63) is 121 Å². The number of rotatable bonds is 4. The Kier molecular flexibility index (Phi) is 14.3. The second-order valence-corrected chi connectivity index (χ2v) is 28.7. The number of hydrogen-bond acceptors (Lipinski definition) is 0. The summed E-state index contributed by atoms with van der Waals surface area (Å²) in [4.78, 5) is 0. The van der Waals surface area contributed by atoms with Gasteiger partial charge in [0, 0.05) is 0 Å². The zero-order chi connectivity index (χ0) is 37.8. The molecule has 0 aliphatic carbocycles. The van der Waals surface area contributed by atoms with Crippen LogP contribution >= 0.6 is 32.9 Å². The van der Waals surface area contributed by atoms with Crippen LogP contribution in [0.4, 0.5) is 0 Å². The molecule has 0 aliphatic rings. The van der Waals surface area contributed by atoms with Crippen molar-refractivity contribution in [1.29, 1.82) is 0 Å². The molecule has 0 heterocycles. The summed E-state index contributed by atoms with van der Waals surface area (Å²) in [6, 6.07) is 44.6. The molecule has 0 amide bonds. The molecule has 0 aliphatic heterocycles. The van der Waals surface area contributed by atoms with Crippen molar-refractivity contribution in [2.45, 2.75) is 104 Å². The third-order valence-corrected chi connectivity index (χ3v) is 15.8. The predicted molar refractivity (Wildman–Crippen MR) is 234 cm³/mol. The molecule has 5 heteroatoms. The van der Waals surface area contributed by atoms with Crippen LogP contribution in [0.15, 0.2) is 121 Å². The van der Waals surface area contributed by atoms with Gasteiger partial charge < -0.3 is 0 Å². The Labute approximate surface area is 330 Å². The first-order valence-corrected chi connectivity index (χ1v) is 26.9. The molecule has 268 valence electrons. The van der Waals surface area contributed by atoms with Crippen molar-refractivity contribution in [2.75, 3.05) is 0 Å². The van der Waals surface area contributed by atoms with Gasteiger partial charge in [-0.1, -0.05) is 183 Å². The van der Waals surface area contributed by atoms with Gasteiger partial charge in [-0.3, -0.25) is 0 Å². The van der Waals surface area contributed by atoms with Gasteiger partial charge in [0.2, 0.25) is 0 Å². The molecule has 0 radical (unpaired) electrons. The molecule has 0 atom stereocenters. The van der Waals surface area contributed by atoms with Crippen LogP contribution in [0.1, 0.15) is 83.1 Å². The molecule has 6 rings (SSSR count). The number of halogens is 2. The Morgan fingerprint density at radius 3 is 1.00 bits per heavy atom. The van der Waals surface area contributed by atoms with Gasteiger partial charge in [0.1, 0.15) is 0 Å². The molecule has 6 aromatic carbocycles. The first-order chi connectivity index (χ1) is 23.8. The number of hydrogen-bond donors (Lipinski definition) is 0. The van der Waals surface area contributed by atoms with Gasteiger partial charge in [-0.05, 0) is 31.8 Å². The van der Waals surface area contributed by atoms with Crippen LogP contribution in [0.2, 0.25) is 0 Å². The van der Waals surface area contributed by atoms with Crippen LogP contribution in [0.3, 0.4) is 0 Å². The van der Waals surface area contributed by atoms with Crippen LogP contribution in [0, 0.1) is 0 Å². The normalized spacial score (nSPS) is 12.4. The first kappa shape index (κ1) is 42.2. The van der Waals surface area contributed by atoms with E-state index < -0.39 is 20.8 Å². The van der Waals surface area contributed by atoms with Crippen molar-refractivity contribution in [3.63, 3.8) is 0 Å². The van der Waals surface area contributed by atoms with Crippen molar-refractivity contribution in [3.8, 4) is 22.3 Å². The van der Waals surface area contributed by atoms with E-state index in [4.69, 9.17) is 17.0 Å². The molecule has 0 N–H and O–H groups in total. The topological polar surface area (TPSA) is 0 Å². The molecule has 0 saturated carbocycles. The van der Waals surface area contributed by atoms with E-state index in [1.807, 2.05) is 0 Å². The molecule has 0 nitrogen and oxygen atoms in total. The van der Waals surface area contributed by atoms with Crippen molar-refractivity contribution in [2.24, 2.45) is 0 Å². The van der Waals surface area contributed by atoms with Gasteiger partial charge in [0.25, 0.3) is 0 Å². The average molecular weight is 833 g/mol. The van der Waals surface area contributed by atoms with E-state index in [-0.39, 0.29) is 15.8 Å². The van der Waals surface area contributed by atoms with E-state index in [9.17, 15) is 0 Å². The monoisotopic (exact) mass is 830 g/mol. The molecule has 51 heavy (non-hydrogen) atoms. The molecular formula is C46H56Cl2P2Zr. The van der Waals surface area contributed by atoms with E-state index in [0.29, 0.717) is 20.6 Å². The summed E-state index contributed by atoms with van der Waals surface area (Å²) in [7, 11) is 9.34. The van der Waals surface area contributed by atoms with Gasteiger partial charge in [-0.2, -0.15) is 12.1 Å². The molecule has 0 saturated heterocycles. The Bertz CT molecular complexity index is 1810. The van der Waals surface area contributed by atoms with Gasteiger partial charge in [0.15, 0.2) is 0 Å². The Hall–Kier alpha value is -1.58. The van der Waals surface area contributed by atoms with E-state index in [1.54, 1.807) is 0 Å². The van der Waals surface area contributed by atoms with Gasteiger partial charge in [-0.15, -0.1) is 68.6 Å². The van der Waals surface area contributed by atoms with E-state index in [1.165, 1.54) is 54.4 Å². The molecule has 0 fully saturated rings. The summed E-state index contributed by atoms with van der Waals surface area (Å²) in [5, 5.41) is 9.76. The summed E-state index contributed by atoms with van der Waals surface area (Å²) in [5.41, 5.74) is 5.29. The quantitative estimate of drug-likeness (QED) is 0.123. The minimum absolute atomic E-state index is 0.266. The van der Waals surface area contributed by atoms with Crippen LogP contribution in [-0.4, -0.2) is 20.6 Å². The van der Waals surface area contributed by atoms with E-state index in [2.05, 4.69) is 204 Å². The predicted octanol–water partition coefficient (Wildman–Crippen LogP) is 15.2. The van der Waals surface area contributed by atoms with Gasteiger partial charge in [0.05, 0.1) is 0 Å². The van der Waals surface area contributed by atoms with Crippen LogP contribution in [0.25, 0.3) is 43.8 Å².